The van der Waals surface area contributed by atoms with Gasteiger partial charge in [0.1, 0.15) is 11.6 Å². The van der Waals surface area contributed by atoms with Gasteiger partial charge in [0.25, 0.3) is 0 Å². The molecule has 2 rings (SSSR count). The van der Waals surface area contributed by atoms with Crippen LogP contribution in [-0.2, 0) is 13.0 Å². The third kappa shape index (κ3) is 3.17. The van der Waals surface area contributed by atoms with Gasteiger partial charge in [-0.25, -0.2) is 9.37 Å². The zero-order chi connectivity index (χ0) is 13.0. The molecule has 0 aliphatic heterocycles. The SMILES string of the molecule is Cc1nc(CNCCc2ccccc2F)oc1C. The minimum absolute atomic E-state index is 0.151. The second kappa shape index (κ2) is 5.78. The van der Waals surface area contributed by atoms with E-state index in [0.29, 0.717) is 25.4 Å². The van der Waals surface area contributed by atoms with Gasteiger partial charge in [-0.15, -0.1) is 0 Å². The van der Waals surface area contributed by atoms with E-state index in [-0.39, 0.29) is 5.82 Å². The van der Waals surface area contributed by atoms with Crippen molar-refractivity contribution < 1.29 is 8.81 Å². The van der Waals surface area contributed by atoms with Crippen LogP contribution in [0.3, 0.4) is 0 Å². The Bertz CT molecular complexity index is 503. The van der Waals surface area contributed by atoms with E-state index in [0.717, 1.165) is 17.0 Å². The summed E-state index contributed by atoms with van der Waals surface area (Å²) in [5, 5.41) is 3.20. The van der Waals surface area contributed by atoms with Crippen LogP contribution in [0.4, 0.5) is 4.39 Å². The quantitative estimate of drug-likeness (QED) is 0.827. The van der Waals surface area contributed by atoms with E-state index in [9.17, 15) is 4.39 Å². The highest BCUT2D eigenvalue weighted by Crippen LogP contribution is 2.08. The van der Waals surface area contributed by atoms with Crippen molar-refractivity contribution in [3.63, 3.8) is 0 Å². The molecule has 0 radical (unpaired) electrons. The molecule has 1 aromatic carbocycles. The van der Waals surface area contributed by atoms with Crippen LogP contribution in [0.15, 0.2) is 28.7 Å². The summed E-state index contributed by atoms with van der Waals surface area (Å²) in [6.07, 6.45) is 0.658. The highest BCUT2D eigenvalue weighted by Gasteiger charge is 2.05. The van der Waals surface area contributed by atoms with Gasteiger partial charge in [0.2, 0.25) is 5.89 Å². The molecule has 0 spiro atoms. The number of hydrogen-bond donors (Lipinski definition) is 1. The molecule has 0 aliphatic carbocycles. The second-order valence-corrected chi connectivity index (χ2v) is 4.27. The predicted molar refractivity (Wildman–Crippen MR) is 67.8 cm³/mol. The second-order valence-electron chi connectivity index (χ2n) is 4.27. The summed E-state index contributed by atoms with van der Waals surface area (Å²) in [5.41, 5.74) is 1.64. The molecule has 4 heteroatoms. The van der Waals surface area contributed by atoms with Crippen LogP contribution in [0, 0.1) is 19.7 Å². The highest BCUT2D eigenvalue weighted by molar-refractivity contribution is 5.17. The van der Waals surface area contributed by atoms with E-state index in [1.165, 1.54) is 6.07 Å². The molecule has 1 aromatic heterocycles. The lowest BCUT2D eigenvalue weighted by molar-refractivity contribution is 0.449. The standard InChI is InChI=1S/C14H17FN2O/c1-10-11(2)18-14(17-10)9-16-8-7-12-5-3-4-6-13(12)15/h3-6,16H,7-9H2,1-2H3. The Morgan fingerprint density at radius 2 is 2.06 bits per heavy atom. The molecule has 18 heavy (non-hydrogen) atoms. The highest BCUT2D eigenvalue weighted by atomic mass is 19.1. The van der Waals surface area contributed by atoms with E-state index in [1.807, 2.05) is 19.9 Å². The number of hydrogen-bond acceptors (Lipinski definition) is 3. The van der Waals surface area contributed by atoms with Gasteiger partial charge in [-0.3, -0.25) is 0 Å². The van der Waals surface area contributed by atoms with Gasteiger partial charge in [-0.1, -0.05) is 18.2 Å². The van der Waals surface area contributed by atoms with Crippen LogP contribution >= 0.6 is 0 Å². The maximum absolute atomic E-state index is 13.3. The molecule has 0 atom stereocenters. The molecule has 0 unspecified atom stereocenters. The third-order valence-electron chi connectivity index (χ3n) is 2.88. The normalized spacial score (nSPS) is 10.8. The number of oxazole rings is 1. The molecule has 0 amide bonds. The molecule has 3 nitrogen and oxygen atoms in total. The van der Waals surface area contributed by atoms with Crippen LogP contribution < -0.4 is 5.32 Å². The Morgan fingerprint density at radius 1 is 1.28 bits per heavy atom. The lowest BCUT2D eigenvalue weighted by Crippen LogP contribution is -2.17. The number of aryl methyl sites for hydroxylation is 2. The Kier molecular flexibility index (Phi) is 4.10. The topological polar surface area (TPSA) is 38.1 Å². The first kappa shape index (κ1) is 12.8. The Hall–Kier alpha value is -1.68. The summed E-state index contributed by atoms with van der Waals surface area (Å²) in [6.45, 7) is 5.08. The summed E-state index contributed by atoms with van der Waals surface area (Å²) in [6, 6.07) is 6.83. The van der Waals surface area contributed by atoms with Crippen molar-refractivity contribution in [2.24, 2.45) is 0 Å². The lowest BCUT2D eigenvalue weighted by atomic mass is 10.1. The number of aromatic nitrogens is 1. The van der Waals surface area contributed by atoms with E-state index < -0.39 is 0 Å². The van der Waals surface area contributed by atoms with Crippen LogP contribution in [0.1, 0.15) is 22.9 Å². The van der Waals surface area contributed by atoms with Crippen molar-refractivity contribution in [1.29, 1.82) is 0 Å². The first-order valence-corrected chi connectivity index (χ1v) is 6.04. The predicted octanol–water partition coefficient (Wildman–Crippen LogP) is 2.76. The van der Waals surface area contributed by atoms with Crippen LogP contribution in [0.25, 0.3) is 0 Å². The maximum Gasteiger partial charge on any atom is 0.208 e. The zero-order valence-corrected chi connectivity index (χ0v) is 10.7. The van der Waals surface area contributed by atoms with Gasteiger partial charge in [0, 0.05) is 0 Å². The van der Waals surface area contributed by atoms with Crippen molar-refractivity contribution in [3.05, 3.63) is 53.0 Å². The van der Waals surface area contributed by atoms with Crippen LogP contribution in [0.5, 0.6) is 0 Å². The lowest BCUT2D eigenvalue weighted by Gasteiger charge is -2.03. The van der Waals surface area contributed by atoms with Crippen molar-refractivity contribution in [2.45, 2.75) is 26.8 Å². The molecule has 1 heterocycles. The molecule has 0 saturated heterocycles. The number of rotatable bonds is 5. The number of nitrogens with zero attached hydrogens (tertiary/aromatic N) is 1. The average Bonchev–Trinajstić information content (AvgIpc) is 2.66. The largest absolute Gasteiger partial charge is 0.444 e. The van der Waals surface area contributed by atoms with Crippen molar-refractivity contribution >= 4 is 0 Å². The molecule has 0 aliphatic rings. The summed E-state index contributed by atoms with van der Waals surface area (Å²) < 4.78 is 18.8. The van der Waals surface area contributed by atoms with Gasteiger partial charge in [0.15, 0.2) is 0 Å². The molecular weight excluding hydrogens is 231 g/mol. The van der Waals surface area contributed by atoms with E-state index in [1.54, 1.807) is 12.1 Å². The van der Waals surface area contributed by atoms with Crippen molar-refractivity contribution in [1.82, 2.24) is 10.3 Å². The van der Waals surface area contributed by atoms with E-state index >= 15 is 0 Å². The van der Waals surface area contributed by atoms with Crippen molar-refractivity contribution in [3.8, 4) is 0 Å². The zero-order valence-electron chi connectivity index (χ0n) is 10.7. The fourth-order valence-corrected chi connectivity index (χ4v) is 1.73. The fraction of sp³-hybridized carbons (Fsp3) is 0.357. The Balaban J connectivity index is 1.78. The van der Waals surface area contributed by atoms with Gasteiger partial charge < -0.3 is 9.73 Å². The fourth-order valence-electron chi connectivity index (χ4n) is 1.73. The number of nitrogens with one attached hydrogen (secondary N) is 1. The molecular formula is C14H17FN2O. The maximum atomic E-state index is 13.3. The molecule has 96 valence electrons. The van der Waals surface area contributed by atoms with Gasteiger partial charge in [0.05, 0.1) is 12.2 Å². The molecule has 2 aromatic rings. The minimum atomic E-state index is -0.151. The molecule has 0 bridgehead atoms. The first-order chi connectivity index (χ1) is 8.66. The van der Waals surface area contributed by atoms with Gasteiger partial charge in [-0.05, 0) is 38.4 Å². The Morgan fingerprint density at radius 3 is 2.72 bits per heavy atom. The minimum Gasteiger partial charge on any atom is -0.444 e. The number of halogens is 1. The van der Waals surface area contributed by atoms with E-state index in [2.05, 4.69) is 10.3 Å². The molecule has 0 saturated carbocycles. The van der Waals surface area contributed by atoms with Gasteiger partial charge in [-0.2, -0.15) is 0 Å². The van der Waals surface area contributed by atoms with Crippen molar-refractivity contribution in [2.75, 3.05) is 6.54 Å². The summed E-state index contributed by atoms with van der Waals surface area (Å²) >= 11 is 0. The first-order valence-electron chi connectivity index (χ1n) is 6.04. The third-order valence-corrected chi connectivity index (χ3v) is 2.88. The monoisotopic (exact) mass is 248 g/mol. The van der Waals surface area contributed by atoms with E-state index in [4.69, 9.17) is 4.42 Å². The summed E-state index contributed by atoms with van der Waals surface area (Å²) in [4.78, 5) is 4.27. The van der Waals surface area contributed by atoms with Gasteiger partial charge >= 0.3 is 0 Å². The van der Waals surface area contributed by atoms with Crippen LogP contribution in [0.2, 0.25) is 0 Å². The Labute approximate surface area is 106 Å². The average molecular weight is 248 g/mol. The molecule has 1 N–H and O–H groups in total. The molecule has 0 fully saturated rings. The number of benzene rings is 1. The van der Waals surface area contributed by atoms with Crippen LogP contribution in [-0.4, -0.2) is 11.5 Å². The summed E-state index contributed by atoms with van der Waals surface area (Å²) in [5.74, 6) is 1.38. The smallest absolute Gasteiger partial charge is 0.208 e. The summed E-state index contributed by atoms with van der Waals surface area (Å²) in [7, 11) is 0.